The minimum Gasteiger partial charge on any atom is -0.358 e. The van der Waals surface area contributed by atoms with E-state index in [4.69, 9.17) is 5.10 Å². The van der Waals surface area contributed by atoms with Gasteiger partial charge in [0, 0.05) is 36.5 Å². The van der Waals surface area contributed by atoms with Crippen molar-refractivity contribution in [3.63, 3.8) is 0 Å². The maximum absolute atomic E-state index is 13.4. The highest BCUT2D eigenvalue weighted by molar-refractivity contribution is 6.06. The molecule has 0 saturated carbocycles. The minimum atomic E-state index is -0.504. The Labute approximate surface area is 244 Å². The topological polar surface area (TPSA) is 137 Å². The molecule has 0 radical (unpaired) electrons. The Morgan fingerprint density at radius 3 is 2.12 bits per heavy atom. The summed E-state index contributed by atoms with van der Waals surface area (Å²) < 4.78 is 1.56. The number of benzene rings is 3. The second-order valence-electron chi connectivity index (χ2n) is 10.7. The number of urea groups is 1. The van der Waals surface area contributed by atoms with Gasteiger partial charge < -0.3 is 20.9 Å². The van der Waals surface area contributed by atoms with Crippen molar-refractivity contribution in [1.29, 1.82) is 0 Å². The number of nitrogens with zero attached hydrogens (tertiary/aromatic N) is 3. The lowest BCUT2D eigenvalue weighted by Crippen LogP contribution is -2.44. The molecule has 4 rings (SSSR count). The van der Waals surface area contributed by atoms with Gasteiger partial charge in [-0.15, -0.1) is 0 Å². The van der Waals surface area contributed by atoms with Crippen LogP contribution in [0.2, 0.25) is 0 Å². The monoisotopic (exact) mass is 569 g/mol. The van der Waals surface area contributed by atoms with Gasteiger partial charge >= 0.3 is 6.03 Å². The number of anilines is 2. The molecule has 3 aromatic carbocycles. The molecule has 5 amide bonds. The van der Waals surface area contributed by atoms with Gasteiger partial charge in [0.1, 0.15) is 18.9 Å². The zero-order chi connectivity index (χ0) is 30.4. The highest BCUT2D eigenvalue weighted by atomic mass is 16.2. The molecule has 0 saturated heterocycles. The molecule has 4 N–H and O–H groups in total. The zero-order valence-electron chi connectivity index (χ0n) is 24.3. The van der Waals surface area contributed by atoms with Gasteiger partial charge in [0.15, 0.2) is 0 Å². The first-order valence-corrected chi connectivity index (χ1v) is 13.5. The molecule has 0 spiro atoms. The fraction of sp³-hybridized carbons (Fsp3) is 0.258. The average Bonchev–Trinajstić information content (AvgIpc) is 3.40. The zero-order valence-corrected chi connectivity index (χ0v) is 24.3. The first-order valence-electron chi connectivity index (χ1n) is 13.5. The molecule has 42 heavy (non-hydrogen) atoms. The third-order valence-electron chi connectivity index (χ3n) is 6.61. The molecule has 1 heterocycles. The maximum atomic E-state index is 13.4. The molecule has 11 heteroatoms. The number of fused-ring (bicyclic) bond motifs is 1. The number of nitrogens with one attached hydrogen (secondary N) is 4. The Kier molecular flexibility index (Phi) is 8.90. The van der Waals surface area contributed by atoms with E-state index < -0.39 is 23.8 Å². The second-order valence-corrected chi connectivity index (χ2v) is 10.7. The Hall–Kier alpha value is -5.19. The molecule has 4 aromatic rings. The van der Waals surface area contributed by atoms with E-state index in [2.05, 4.69) is 21.3 Å². The third kappa shape index (κ3) is 6.92. The summed E-state index contributed by atoms with van der Waals surface area (Å²) in [7, 11) is 2.92. The Balaban J connectivity index is 1.66. The number of hydrogen-bond acceptors (Lipinski definition) is 5. The van der Waals surface area contributed by atoms with Crippen LogP contribution in [0.4, 0.5) is 16.3 Å². The number of carbonyl (C=O) groups is 4. The molecule has 0 bridgehead atoms. The van der Waals surface area contributed by atoms with Crippen LogP contribution in [0.15, 0.2) is 72.8 Å². The Morgan fingerprint density at radius 2 is 1.45 bits per heavy atom. The Bertz CT molecular complexity index is 1610. The SMILES string of the molecule is CNC(=O)CN(CC(=O)NC)C(=O)c1cccc(-n2nc(C(C)(C)C)cc2NC(=O)Nc2cccc3ccccc23)c1. The molecule has 0 aliphatic heterocycles. The van der Waals surface area contributed by atoms with Crippen LogP contribution in [0.1, 0.15) is 36.8 Å². The molecular weight excluding hydrogens is 534 g/mol. The Morgan fingerprint density at radius 1 is 0.810 bits per heavy atom. The quantitative estimate of drug-likeness (QED) is 0.255. The van der Waals surface area contributed by atoms with Crippen LogP contribution in [-0.4, -0.2) is 65.6 Å². The van der Waals surface area contributed by atoms with Crippen molar-refractivity contribution in [1.82, 2.24) is 25.3 Å². The van der Waals surface area contributed by atoms with Crippen LogP contribution in [0.3, 0.4) is 0 Å². The van der Waals surface area contributed by atoms with Crippen molar-refractivity contribution in [3.05, 3.63) is 84.1 Å². The number of hydrogen-bond donors (Lipinski definition) is 4. The normalized spacial score (nSPS) is 11.1. The minimum absolute atomic E-state index is 0.249. The van der Waals surface area contributed by atoms with Crippen molar-refractivity contribution in [2.45, 2.75) is 26.2 Å². The number of likely N-dealkylation sites (N-methyl/N-ethyl adjacent to an activating group) is 2. The summed E-state index contributed by atoms with van der Waals surface area (Å²) in [4.78, 5) is 51.9. The molecule has 0 aliphatic carbocycles. The maximum Gasteiger partial charge on any atom is 0.324 e. The first kappa shape index (κ1) is 29.8. The van der Waals surface area contributed by atoms with Crippen LogP contribution >= 0.6 is 0 Å². The molecule has 0 atom stereocenters. The highest BCUT2D eigenvalue weighted by Gasteiger charge is 2.24. The lowest BCUT2D eigenvalue weighted by atomic mass is 9.92. The summed E-state index contributed by atoms with van der Waals surface area (Å²) in [6.07, 6.45) is 0. The summed E-state index contributed by atoms with van der Waals surface area (Å²) in [6, 6.07) is 21.4. The molecule has 0 fully saturated rings. The van der Waals surface area contributed by atoms with E-state index in [1.54, 1.807) is 35.0 Å². The summed E-state index contributed by atoms with van der Waals surface area (Å²) in [6.45, 7) is 5.45. The van der Waals surface area contributed by atoms with Gasteiger partial charge in [-0.05, 0) is 29.7 Å². The third-order valence-corrected chi connectivity index (χ3v) is 6.61. The van der Waals surface area contributed by atoms with E-state index in [0.29, 0.717) is 17.2 Å². The van der Waals surface area contributed by atoms with Crippen LogP contribution < -0.4 is 21.3 Å². The fourth-order valence-electron chi connectivity index (χ4n) is 4.30. The number of amides is 5. The summed E-state index contributed by atoms with van der Waals surface area (Å²) in [5, 5.41) is 17.4. The van der Waals surface area contributed by atoms with Crippen molar-refractivity contribution in [2.24, 2.45) is 0 Å². The number of rotatable bonds is 8. The lowest BCUT2D eigenvalue weighted by molar-refractivity contribution is -0.123. The van der Waals surface area contributed by atoms with Gasteiger partial charge in [0.05, 0.1) is 17.1 Å². The molecule has 1 aromatic heterocycles. The summed E-state index contributed by atoms with van der Waals surface area (Å²) in [5.74, 6) is -0.923. The average molecular weight is 570 g/mol. The smallest absolute Gasteiger partial charge is 0.324 e. The number of aromatic nitrogens is 2. The fourth-order valence-corrected chi connectivity index (χ4v) is 4.30. The van der Waals surface area contributed by atoms with E-state index in [1.807, 2.05) is 63.2 Å². The van der Waals surface area contributed by atoms with Gasteiger partial charge in [-0.25, -0.2) is 9.48 Å². The van der Waals surface area contributed by atoms with Gasteiger partial charge in [-0.1, -0.05) is 63.2 Å². The first-order chi connectivity index (χ1) is 20.0. The van der Waals surface area contributed by atoms with Crippen molar-refractivity contribution in [2.75, 3.05) is 37.8 Å². The van der Waals surface area contributed by atoms with Crippen molar-refractivity contribution >= 4 is 46.0 Å². The molecule has 0 aliphatic rings. The standard InChI is InChI=1S/C31H35N7O4/c1-31(2,3)25-17-26(35-30(42)34-24-15-9-11-20-10-6-7-14-23(20)24)38(36-25)22-13-8-12-21(16-22)29(41)37(18-27(39)32-4)19-28(40)33-5/h6-17H,18-19H2,1-5H3,(H,32,39)(H,33,40)(H2,34,35,42). The highest BCUT2D eigenvalue weighted by Crippen LogP contribution is 2.28. The van der Waals surface area contributed by atoms with E-state index in [-0.39, 0.29) is 24.1 Å². The lowest BCUT2D eigenvalue weighted by Gasteiger charge is -2.21. The predicted molar refractivity (Wildman–Crippen MR) is 163 cm³/mol. The van der Waals surface area contributed by atoms with Gasteiger partial charge in [0.2, 0.25) is 11.8 Å². The van der Waals surface area contributed by atoms with E-state index in [9.17, 15) is 19.2 Å². The molecule has 218 valence electrons. The largest absolute Gasteiger partial charge is 0.358 e. The van der Waals surface area contributed by atoms with E-state index in [1.165, 1.54) is 14.1 Å². The molecular formula is C31H35N7O4. The van der Waals surface area contributed by atoms with Crippen LogP contribution in [0.25, 0.3) is 16.5 Å². The summed E-state index contributed by atoms with van der Waals surface area (Å²) in [5.41, 5.74) is 1.81. The van der Waals surface area contributed by atoms with Crippen LogP contribution in [-0.2, 0) is 15.0 Å². The van der Waals surface area contributed by atoms with Crippen molar-refractivity contribution < 1.29 is 19.2 Å². The van der Waals surface area contributed by atoms with Gasteiger partial charge in [-0.2, -0.15) is 5.10 Å². The van der Waals surface area contributed by atoms with E-state index >= 15 is 0 Å². The van der Waals surface area contributed by atoms with Crippen LogP contribution in [0.5, 0.6) is 0 Å². The summed E-state index contributed by atoms with van der Waals surface area (Å²) >= 11 is 0. The van der Waals surface area contributed by atoms with Gasteiger partial charge in [0.25, 0.3) is 5.91 Å². The molecule has 0 unspecified atom stereocenters. The number of carbonyl (C=O) groups excluding carboxylic acids is 4. The van der Waals surface area contributed by atoms with E-state index in [0.717, 1.165) is 21.4 Å². The second kappa shape index (κ2) is 12.5. The predicted octanol–water partition coefficient (Wildman–Crippen LogP) is 3.90. The molecule has 11 nitrogen and oxygen atoms in total. The van der Waals surface area contributed by atoms with Crippen LogP contribution in [0, 0.1) is 0 Å². The van der Waals surface area contributed by atoms with Gasteiger partial charge in [-0.3, -0.25) is 19.7 Å². The van der Waals surface area contributed by atoms with Crippen molar-refractivity contribution in [3.8, 4) is 5.69 Å².